The highest BCUT2D eigenvalue weighted by Gasteiger charge is 2.31. The van der Waals surface area contributed by atoms with Crippen molar-refractivity contribution in [3.63, 3.8) is 0 Å². The second kappa shape index (κ2) is 5.64. The van der Waals surface area contributed by atoms with Crippen LogP contribution in [0.15, 0.2) is 24.3 Å². The average Bonchev–Trinajstić information content (AvgIpc) is 3.22. The smallest absolute Gasteiger partial charge is 0.0366 e. The van der Waals surface area contributed by atoms with E-state index in [0.717, 1.165) is 19.0 Å². The van der Waals surface area contributed by atoms with Gasteiger partial charge in [-0.05, 0) is 56.7 Å². The number of hydrogen-bond donors (Lipinski definition) is 1. The minimum absolute atomic E-state index is 0.604. The van der Waals surface area contributed by atoms with Crippen LogP contribution in [0.1, 0.15) is 50.3 Å². The Hall–Kier alpha value is -0.860. The molecule has 3 rings (SSSR count). The number of rotatable bonds is 4. The zero-order chi connectivity index (χ0) is 13.2. The van der Waals surface area contributed by atoms with E-state index in [0.29, 0.717) is 12.1 Å². The Morgan fingerprint density at radius 1 is 1.21 bits per heavy atom. The summed E-state index contributed by atoms with van der Waals surface area (Å²) in [6.07, 6.45) is 4.12. The molecule has 1 heterocycles. The molecule has 1 fully saturated rings. The van der Waals surface area contributed by atoms with Gasteiger partial charge >= 0.3 is 0 Å². The summed E-state index contributed by atoms with van der Waals surface area (Å²) in [7, 11) is 0. The standard InChI is InChI=1S/C17H26N2/c1-13(2)19(12-14-7-8-14)17-9-10-18-11-15-5-3-4-6-16(15)17/h3-6,13-14,17-18H,7-12H2,1-2H3. The second-order valence-electron chi connectivity index (χ2n) is 6.41. The highest BCUT2D eigenvalue weighted by Crippen LogP contribution is 2.36. The molecule has 104 valence electrons. The fourth-order valence-corrected chi connectivity index (χ4v) is 3.28. The zero-order valence-electron chi connectivity index (χ0n) is 12.2. The van der Waals surface area contributed by atoms with Crippen LogP contribution in [-0.4, -0.2) is 24.0 Å². The highest BCUT2D eigenvalue weighted by molar-refractivity contribution is 5.31. The van der Waals surface area contributed by atoms with Crippen molar-refractivity contribution in [1.82, 2.24) is 10.2 Å². The van der Waals surface area contributed by atoms with Crippen LogP contribution >= 0.6 is 0 Å². The first-order chi connectivity index (χ1) is 9.25. The van der Waals surface area contributed by atoms with Gasteiger partial charge in [0.2, 0.25) is 0 Å². The lowest BCUT2D eigenvalue weighted by Gasteiger charge is -2.35. The summed E-state index contributed by atoms with van der Waals surface area (Å²) in [5.41, 5.74) is 3.05. The average molecular weight is 258 g/mol. The lowest BCUT2D eigenvalue weighted by atomic mass is 9.96. The molecule has 2 nitrogen and oxygen atoms in total. The predicted molar refractivity (Wildman–Crippen MR) is 80.1 cm³/mol. The molecule has 0 radical (unpaired) electrons. The van der Waals surface area contributed by atoms with Gasteiger partial charge in [-0.25, -0.2) is 0 Å². The molecule has 1 N–H and O–H groups in total. The lowest BCUT2D eigenvalue weighted by Crippen LogP contribution is -2.37. The molecule has 1 unspecified atom stereocenters. The van der Waals surface area contributed by atoms with Gasteiger partial charge in [-0.3, -0.25) is 4.90 Å². The maximum atomic E-state index is 3.57. The number of benzene rings is 1. The summed E-state index contributed by atoms with van der Waals surface area (Å²) in [6.45, 7) is 8.15. The van der Waals surface area contributed by atoms with Crippen molar-refractivity contribution in [1.29, 1.82) is 0 Å². The van der Waals surface area contributed by atoms with Crippen LogP contribution < -0.4 is 5.32 Å². The van der Waals surface area contributed by atoms with E-state index in [-0.39, 0.29) is 0 Å². The quantitative estimate of drug-likeness (QED) is 0.891. The molecule has 0 amide bonds. The molecular weight excluding hydrogens is 232 g/mol. The van der Waals surface area contributed by atoms with Gasteiger partial charge in [-0.2, -0.15) is 0 Å². The van der Waals surface area contributed by atoms with Crippen LogP contribution in [-0.2, 0) is 6.54 Å². The molecule has 1 saturated carbocycles. The molecule has 2 heteroatoms. The maximum Gasteiger partial charge on any atom is 0.0366 e. The maximum absolute atomic E-state index is 3.57. The van der Waals surface area contributed by atoms with Crippen molar-refractivity contribution in [2.24, 2.45) is 5.92 Å². The molecule has 1 aliphatic heterocycles. The second-order valence-corrected chi connectivity index (χ2v) is 6.41. The topological polar surface area (TPSA) is 15.3 Å². The van der Waals surface area contributed by atoms with E-state index in [1.807, 2.05) is 0 Å². The molecular formula is C17H26N2. The van der Waals surface area contributed by atoms with Gasteiger partial charge in [0.1, 0.15) is 0 Å². The van der Waals surface area contributed by atoms with Crippen LogP contribution in [0.25, 0.3) is 0 Å². The van der Waals surface area contributed by atoms with Crippen molar-refractivity contribution in [2.45, 2.75) is 51.7 Å². The SMILES string of the molecule is CC(C)N(CC1CC1)C1CCNCc2ccccc21. The van der Waals surface area contributed by atoms with E-state index in [2.05, 4.69) is 48.3 Å². The summed E-state index contributed by atoms with van der Waals surface area (Å²) in [6, 6.07) is 10.2. The molecule has 0 bridgehead atoms. The van der Waals surface area contributed by atoms with E-state index < -0.39 is 0 Å². The third-order valence-electron chi connectivity index (χ3n) is 4.55. The molecule has 19 heavy (non-hydrogen) atoms. The van der Waals surface area contributed by atoms with Gasteiger partial charge in [0, 0.05) is 25.2 Å². The Bertz CT molecular complexity index is 423. The van der Waals surface area contributed by atoms with Crippen molar-refractivity contribution < 1.29 is 0 Å². The monoisotopic (exact) mass is 258 g/mol. The third-order valence-corrected chi connectivity index (χ3v) is 4.55. The van der Waals surface area contributed by atoms with Gasteiger partial charge in [0.15, 0.2) is 0 Å². The first-order valence-corrected chi connectivity index (χ1v) is 7.80. The number of hydrogen-bond acceptors (Lipinski definition) is 2. The normalized spacial score (nSPS) is 23.5. The zero-order valence-corrected chi connectivity index (χ0v) is 12.2. The molecule has 2 aliphatic rings. The van der Waals surface area contributed by atoms with Crippen LogP contribution in [0.3, 0.4) is 0 Å². The van der Waals surface area contributed by atoms with E-state index in [1.54, 1.807) is 5.56 Å². The third kappa shape index (κ3) is 3.01. The highest BCUT2D eigenvalue weighted by atomic mass is 15.2. The van der Waals surface area contributed by atoms with Gasteiger partial charge in [0.05, 0.1) is 0 Å². The summed E-state index contributed by atoms with van der Waals surface area (Å²) in [4.78, 5) is 2.74. The van der Waals surface area contributed by atoms with Crippen LogP contribution in [0.5, 0.6) is 0 Å². The van der Waals surface area contributed by atoms with E-state index >= 15 is 0 Å². The van der Waals surface area contributed by atoms with Crippen molar-refractivity contribution in [3.05, 3.63) is 35.4 Å². The van der Waals surface area contributed by atoms with Gasteiger partial charge < -0.3 is 5.32 Å². The molecule has 0 saturated heterocycles. The Labute approximate surface area is 117 Å². The van der Waals surface area contributed by atoms with Crippen molar-refractivity contribution in [3.8, 4) is 0 Å². The van der Waals surface area contributed by atoms with E-state index in [1.165, 1.54) is 31.4 Å². The number of nitrogens with one attached hydrogen (secondary N) is 1. The predicted octanol–water partition coefficient (Wildman–Crippen LogP) is 3.34. The minimum atomic E-state index is 0.604. The Kier molecular flexibility index (Phi) is 3.90. The van der Waals surface area contributed by atoms with Crippen LogP contribution in [0.2, 0.25) is 0 Å². The summed E-state index contributed by atoms with van der Waals surface area (Å²) in [5, 5.41) is 3.57. The largest absolute Gasteiger partial charge is 0.313 e. The lowest BCUT2D eigenvalue weighted by molar-refractivity contribution is 0.139. The van der Waals surface area contributed by atoms with E-state index in [9.17, 15) is 0 Å². The number of nitrogens with zero attached hydrogens (tertiary/aromatic N) is 1. The fourth-order valence-electron chi connectivity index (χ4n) is 3.28. The Balaban J connectivity index is 1.88. The molecule has 1 aliphatic carbocycles. The fraction of sp³-hybridized carbons (Fsp3) is 0.647. The van der Waals surface area contributed by atoms with Gasteiger partial charge in [-0.1, -0.05) is 24.3 Å². The first kappa shape index (κ1) is 13.1. The van der Waals surface area contributed by atoms with Gasteiger partial charge in [0.25, 0.3) is 0 Å². The molecule has 1 atom stereocenters. The van der Waals surface area contributed by atoms with E-state index in [4.69, 9.17) is 0 Å². The molecule has 0 spiro atoms. The summed E-state index contributed by atoms with van der Waals surface area (Å²) >= 11 is 0. The van der Waals surface area contributed by atoms with Crippen LogP contribution in [0, 0.1) is 5.92 Å². The Morgan fingerprint density at radius 3 is 2.74 bits per heavy atom. The summed E-state index contributed by atoms with van der Waals surface area (Å²) < 4.78 is 0. The Morgan fingerprint density at radius 2 is 2.00 bits per heavy atom. The molecule has 0 aromatic heterocycles. The number of fused-ring (bicyclic) bond motifs is 1. The minimum Gasteiger partial charge on any atom is -0.313 e. The summed E-state index contributed by atoms with van der Waals surface area (Å²) in [5.74, 6) is 0.964. The van der Waals surface area contributed by atoms with Crippen LogP contribution in [0.4, 0.5) is 0 Å². The first-order valence-electron chi connectivity index (χ1n) is 7.80. The van der Waals surface area contributed by atoms with Crippen molar-refractivity contribution in [2.75, 3.05) is 13.1 Å². The van der Waals surface area contributed by atoms with Gasteiger partial charge in [-0.15, -0.1) is 0 Å². The molecule has 1 aromatic rings. The van der Waals surface area contributed by atoms with Crippen molar-refractivity contribution >= 4 is 0 Å². The molecule has 1 aromatic carbocycles.